The standard InChI is InChI=1S/C10H13N3O3S2/c11-10-12-6(4-18-10)3-8(14)13-1-2-17-5-7(13)9(15)16/h4,7H,1-3,5H2,(H2,11,12)(H,15,16). The monoisotopic (exact) mass is 287 g/mol. The van der Waals surface area contributed by atoms with Crippen LogP contribution >= 0.6 is 23.1 Å². The Morgan fingerprint density at radius 2 is 2.39 bits per heavy atom. The second kappa shape index (κ2) is 5.57. The van der Waals surface area contributed by atoms with Crippen molar-refractivity contribution < 1.29 is 14.7 Å². The molecular formula is C10H13N3O3S2. The van der Waals surface area contributed by atoms with Gasteiger partial charge in [0.15, 0.2) is 5.13 Å². The maximum Gasteiger partial charge on any atom is 0.327 e. The second-order valence-electron chi connectivity index (χ2n) is 3.87. The molecule has 0 radical (unpaired) electrons. The SMILES string of the molecule is Nc1nc(CC(=O)N2CCSCC2C(=O)O)cs1. The highest BCUT2D eigenvalue weighted by atomic mass is 32.2. The van der Waals surface area contributed by atoms with Crippen LogP contribution < -0.4 is 5.73 Å². The van der Waals surface area contributed by atoms with Crippen LogP contribution in [0.3, 0.4) is 0 Å². The number of aliphatic carboxylic acids is 1. The van der Waals surface area contributed by atoms with Gasteiger partial charge >= 0.3 is 5.97 Å². The summed E-state index contributed by atoms with van der Waals surface area (Å²) in [4.78, 5) is 28.6. The summed E-state index contributed by atoms with van der Waals surface area (Å²) >= 11 is 2.83. The Balaban J connectivity index is 2.04. The van der Waals surface area contributed by atoms with Crippen LogP contribution in [0.15, 0.2) is 5.38 Å². The average Bonchev–Trinajstić information content (AvgIpc) is 2.74. The Hall–Kier alpha value is -1.28. The molecule has 1 saturated heterocycles. The van der Waals surface area contributed by atoms with E-state index in [-0.39, 0.29) is 12.3 Å². The average molecular weight is 287 g/mol. The first kappa shape index (κ1) is 13.2. The number of nitrogens with zero attached hydrogens (tertiary/aromatic N) is 2. The molecule has 6 nitrogen and oxygen atoms in total. The number of carbonyl (C=O) groups is 2. The normalized spacial score (nSPS) is 19.8. The minimum Gasteiger partial charge on any atom is -0.480 e. The van der Waals surface area contributed by atoms with Crippen molar-refractivity contribution in [2.45, 2.75) is 12.5 Å². The molecule has 3 N–H and O–H groups in total. The molecule has 0 spiro atoms. The van der Waals surface area contributed by atoms with E-state index in [9.17, 15) is 9.59 Å². The topological polar surface area (TPSA) is 96.5 Å². The summed E-state index contributed by atoms with van der Waals surface area (Å²) in [5.41, 5.74) is 6.10. The summed E-state index contributed by atoms with van der Waals surface area (Å²) in [6, 6.07) is -0.729. The summed E-state index contributed by atoms with van der Waals surface area (Å²) in [5, 5.41) is 11.2. The van der Waals surface area contributed by atoms with E-state index in [1.165, 1.54) is 16.2 Å². The highest BCUT2D eigenvalue weighted by Gasteiger charge is 2.32. The molecule has 1 unspecified atom stereocenters. The molecule has 8 heteroatoms. The molecule has 1 aliphatic rings. The fraction of sp³-hybridized carbons (Fsp3) is 0.500. The van der Waals surface area contributed by atoms with Crippen molar-refractivity contribution in [3.63, 3.8) is 0 Å². The summed E-state index contributed by atoms with van der Waals surface area (Å²) in [6.07, 6.45) is 0.113. The smallest absolute Gasteiger partial charge is 0.327 e. The van der Waals surface area contributed by atoms with E-state index in [4.69, 9.17) is 10.8 Å². The van der Waals surface area contributed by atoms with Crippen molar-refractivity contribution in [3.05, 3.63) is 11.1 Å². The third kappa shape index (κ3) is 2.94. The van der Waals surface area contributed by atoms with E-state index in [0.29, 0.717) is 23.1 Å². The number of carbonyl (C=O) groups excluding carboxylic acids is 1. The number of aromatic nitrogens is 1. The molecule has 0 aliphatic carbocycles. The Bertz CT molecular complexity index is 463. The molecule has 1 aromatic heterocycles. The van der Waals surface area contributed by atoms with Crippen molar-refractivity contribution in [2.24, 2.45) is 0 Å². The Morgan fingerprint density at radius 1 is 1.61 bits per heavy atom. The minimum absolute atomic E-state index is 0.113. The van der Waals surface area contributed by atoms with Crippen molar-refractivity contribution in [1.82, 2.24) is 9.88 Å². The van der Waals surface area contributed by atoms with Gasteiger partial charge in [-0.05, 0) is 0 Å². The lowest BCUT2D eigenvalue weighted by Gasteiger charge is -2.32. The molecule has 1 fully saturated rings. The number of hydrogen-bond donors (Lipinski definition) is 2. The number of thiazole rings is 1. The summed E-state index contributed by atoms with van der Waals surface area (Å²) < 4.78 is 0. The molecule has 0 aromatic carbocycles. The fourth-order valence-electron chi connectivity index (χ4n) is 1.77. The van der Waals surface area contributed by atoms with E-state index in [1.807, 2.05) is 0 Å². The van der Waals surface area contributed by atoms with Crippen LogP contribution in [0.4, 0.5) is 5.13 Å². The van der Waals surface area contributed by atoms with Crippen LogP contribution in [0.2, 0.25) is 0 Å². The zero-order valence-electron chi connectivity index (χ0n) is 9.54. The van der Waals surface area contributed by atoms with Gasteiger partial charge in [0, 0.05) is 23.4 Å². The summed E-state index contributed by atoms with van der Waals surface area (Å²) in [7, 11) is 0. The van der Waals surface area contributed by atoms with Crippen LogP contribution in [0.5, 0.6) is 0 Å². The molecule has 2 heterocycles. The molecule has 18 heavy (non-hydrogen) atoms. The van der Waals surface area contributed by atoms with Crippen LogP contribution in [-0.2, 0) is 16.0 Å². The van der Waals surface area contributed by atoms with Gasteiger partial charge in [-0.15, -0.1) is 11.3 Å². The third-order valence-corrected chi connectivity index (χ3v) is 4.38. The van der Waals surface area contributed by atoms with E-state index < -0.39 is 12.0 Å². The Kier molecular flexibility index (Phi) is 4.07. The highest BCUT2D eigenvalue weighted by molar-refractivity contribution is 7.99. The zero-order valence-corrected chi connectivity index (χ0v) is 11.2. The van der Waals surface area contributed by atoms with Crippen molar-refractivity contribution >= 4 is 40.1 Å². The molecule has 1 atom stereocenters. The molecule has 0 bridgehead atoms. The maximum absolute atomic E-state index is 12.1. The summed E-state index contributed by atoms with van der Waals surface area (Å²) in [5.74, 6) is 0.0657. The van der Waals surface area contributed by atoms with Gasteiger partial charge < -0.3 is 15.7 Å². The van der Waals surface area contributed by atoms with Crippen molar-refractivity contribution in [2.75, 3.05) is 23.8 Å². The Morgan fingerprint density at radius 3 is 3.00 bits per heavy atom. The van der Waals surface area contributed by atoms with Crippen LogP contribution in [0, 0.1) is 0 Å². The van der Waals surface area contributed by atoms with Crippen molar-refractivity contribution in [3.8, 4) is 0 Å². The zero-order chi connectivity index (χ0) is 13.1. The predicted molar refractivity (Wildman–Crippen MR) is 70.7 cm³/mol. The maximum atomic E-state index is 12.1. The first-order valence-electron chi connectivity index (χ1n) is 5.38. The van der Waals surface area contributed by atoms with Gasteiger partial charge in [0.05, 0.1) is 12.1 Å². The van der Waals surface area contributed by atoms with E-state index in [1.54, 1.807) is 17.1 Å². The van der Waals surface area contributed by atoms with Gasteiger partial charge in [-0.3, -0.25) is 4.79 Å². The number of carboxylic acids is 1. The first-order valence-corrected chi connectivity index (χ1v) is 7.41. The van der Waals surface area contributed by atoms with Crippen LogP contribution in [0.25, 0.3) is 0 Å². The predicted octanol–water partition coefficient (Wildman–Crippen LogP) is 0.296. The molecule has 98 valence electrons. The highest BCUT2D eigenvalue weighted by Crippen LogP contribution is 2.19. The van der Waals surface area contributed by atoms with Gasteiger partial charge in [-0.1, -0.05) is 0 Å². The lowest BCUT2D eigenvalue weighted by Crippen LogP contribution is -2.50. The van der Waals surface area contributed by atoms with Gasteiger partial charge in [0.1, 0.15) is 6.04 Å². The van der Waals surface area contributed by atoms with Crippen LogP contribution in [-0.4, -0.2) is 51.0 Å². The van der Waals surface area contributed by atoms with Gasteiger partial charge in [0.25, 0.3) is 0 Å². The van der Waals surface area contributed by atoms with Crippen molar-refractivity contribution in [1.29, 1.82) is 0 Å². The summed E-state index contributed by atoms with van der Waals surface area (Å²) in [6.45, 7) is 0.472. The molecule has 2 rings (SSSR count). The molecule has 1 amide bonds. The third-order valence-electron chi connectivity index (χ3n) is 2.64. The lowest BCUT2D eigenvalue weighted by molar-refractivity contribution is -0.149. The van der Waals surface area contributed by atoms with Gasteiger partial charge in [-0.25, -0.2) is 9.78 Å². The largest absolute Gasteiger partial charge is 0.480 e. The fourth-order valence-corrected chi connectivity index (χ4v) is 3.37. The van der Waals surface area contributed by atoms with Gasteiger partial charge in [-0.2, -0.15) is 11.8 Å². The number of nitrogens with two attached hydrogens (primary N) is 1. The number of nitrogen functional groups attached to an aromatic ring is 1. The number of carboxylic acid groups (broad SMARTS) is 1. The number of thioether (sulfide) groups is 1. The van der Waals surface area contributed by atoms with Gasteiger partial charge in [0.2, 0.25) is 5.91 Å². The Labute approximate surface area is 112 Å². The van der Waals surface area contributed by atoms with Crippen LogP contribution in [0.1, 0.15) is 5.69 Å². The number of amides is 1. The quantitative estimate of drug-likeness (QED) is 0.830. The minimum atomic E-state index is -0.951. The van der Waals surface area contributed by atoms with E-state index in [2.05, 4.69) is 4.98 Å². The lowest BCUT2D eigenvalue weighted by atomic mass is 10.2. The number of rotatable bonds is 3. The second-order valence-corrected chi connectivity index (χ2v) is 5.91. The number of hydrogen-bond acceptors (Lipinski definition) is 6. The molecule has 1 aromatic rings. The molecular weight excluding hydrogens is 274 g/mol. The van der Waals surface area contributed by atoms with E-state index in [0.717, 1.165) is 5.75 Å². The number of anilines is 1. The first-order chi connectivity index (χ1) is 8.58. The molecule has 0 saturated carbocycles. The molecule has 1 aliphatic heterocycles. The van der Waals surface area contributed by atoms with E-state index >= 15 is 0 Å².